The fourth-order valence-corrected chi connectivity index (χ4v) is 3.70. The molecule has 1 aliphatic rings. The minimum absolute atomic E-state index is 0.0398. The van der Waals surface area contributed by atoms with Crippen LogP contribution in [-0.2, 0) is 15.7 Å². The quantitative estimate of drug-likeness (QED) is 0.443. The lowest BCUT2D eigenvalue weighted by atomic mass is 9.86. The number of carbonyl (C=O) groups excluding carboxylic acids is 2. The van der Waals surface area contributed by atoms with E-state index in [1.54, 1.807) is 0 Å². The summed E-state index contributed by atoms with van der Waals surface area (Å²) in [5.74, 6) is 0.199. The third-order valence-electron chi connectivity index (χ3n) is 5.23. The van der Waals surface area contributed by atoms with Crippen molar-refractivity contribution in [3.05, 3.63) is 29.3 Å². The normalized spacial score (nSPS) is 19.9. The van der Waals surface area contributed by atoms with Crippen molar-refractivity contribution in [1.29, 1.82) is 0 Å². The number of esters is 1. The molecule has 0 saturated heterocycles. The molecule has 1 aromatic carbocycles. The van der Waals surface area contributed by atoms with E-state index in [-0.39, 0.29) is 17.6 Å². The highest BCUT2D eigenvalue weighted by atomic mass is 19.4. The number of alkyl halides is 3. The third kappa shape index (κ3) is 5.97. The average Bonchev–Trinajstić information content (AvgIpc) is 2.66. The summed E-state index contributed by atoms with van der Waals surface area (Å²) >= 11 is 0. The zero-order valence-electron chi connectivity index (χ0n) is 16.4. The van der Waals surface area contributed by atoms with Gasteiger partial charge in [0.15, 0.2) is 6.29 Å². The van der Waals surface area contributed by atoms with Crippen molar-refractivity contribution in [2.45, 2.75) is 64.7 Å². The first-order valence-electron chi connectivity index (χ1n) is 9.89. The predicted molar refractivity (Wildman–Crippen MR) is 101 cm³/mol. The summed E-state index contributed by atoms with van der Waals surface area (Å²) in [4.78, 5) is 25.0. The van der Waals surface area contributed by atoms with Gasteiger partial charge in [-0.2, -0.15) is 13.2 Å². The van der Waals surface area contributed by atoms with E-state index in [4.69, 9.17) is 4.74 Å². The van der Waals surface area contributed by atoms with Crippen molar-refractivity contribution < 1.29 is 27.5 Å². The number of carbonyl (C=O) groups is 2. The fourth-order valence-electron chi connectivity index (χ4n) is 3.70. The van der Waals surface area contributed by atoms with Gasteiger partial charge in [-0.25, -0.2) is 0 Å². The topological polar surface area (TPSA) is 46.6 Å². The lowest BCUT2D eigenvalue weighted by Gasteiger charge is -2.33. The summed E-state index contributed by atoms with van der Waals surface area (Å²) in [7, 11) is 0. The lowest BCUT2D eigenvalue weighted by molar-refractivity contribution is -0.151. The van der Waals surface area contributed by atoms with Crippen LogP contribution in [0.25, 0.3) is 0 Å². The summed E-state index contributed by atoms with van der Waals surface area (Å²) in [5, 5.41) is 0. The van der Waals surface area contributed by atoms with Gasteiger partial charge in [-0.3, -0.25) is 9.59 Å². The Morgan fingerprint density at radius 3 is 2.43 bits per heavy atom. The van der Waals surface area contributed by atoms with E-state index >= 15 is 0 Å². The molecule has 1 aromatic rings. The summed E-state index contributed by atoms with van der Waals surface area (Å²) in [5.41, 5.74) is -0.232. The molecule has 0 bridgehead atoms. The molecule has 0 aromatic heterocycles. The van der Waals surface area contributed by atoms with Gasteiger partial charge in [0.25, 0.3) is 0 Å². The van der Waals surface area contributed by atoms with Crippen molar-refractivity contribution in [3.63, 3.8) is 0 Å². The van der Waals surface area contributed by atoms with Crippen LogP contribution in [0.15, 0.2) is 18.2 Å². The molecule has 0 heterocycles. The maximum Gasteiger partial charge on any atom is 0.416 e. The van der Waals surface area contributed by atoms with Gasteiger partial charge >= 0.3 is 12.1 Å². The van der Waals surface area contributed by atoms with E-state index < -0.39 is 11.7 Å². The van der Waals surface area contributed by atoms with Gasteiger partial charge in [0.05, 0.1) is 5.56 Å². The predicted octanol–water partition coefficient (Wildman–Crippen LogP) is 5.25. The summed E-state index contributed by atoms with van der Waals surface area (Å²) in [6.45, 7) is 5.12. The second-order valence-electron chi connectivity index (χ2n) is 7.31. The Bertz CT molecular complexity index is 667. The van der Waals surface area contributed by atoms with E-state index in [2.05, 4.69) is 0 Å². The first-order valence-corrected chi connectivity index (χ1v) is 9.89. The highest BCUT2D eigenvalue weighted by Crippen LogP contribution is 2.34. The van der Waals surface area contributed by atoms with Crippen molar-refractivity contribution in [1.82, 2.24) is 0 Å². The highest BCUT2D eigenvalue weighted by molar-refractivity contribution is 5.85. The second-order valence-corrected chi connectivity index (χ2v) is 7.31. The average molecular weight is 399 g/mol. The van der Waals surface area contributed by atoms with Crippen LogP contribution >= 0.6 is 0 Å². The SMILES string of the molecule is CCCC(=O)OC1CCC(CN(CC)c2ccc(C(F)(F)F)cc2C=O)CC1. The maximum atomic E-state index is 12.9. The molecule has 0 spiro atoms. The Hall–Kier alpha value is -2.05. The molecule has 0 atom stereocenters. The van der Waals surface area contributed by atoms with Crippen LogP contribution in [0.2, 0.25) is 0 Å². The van der Waals surface area contributed by atoms with E-state index in [0.717, 1.165) is 44.2 Å². The number of hydrogen-bond donors (Lipinski definition) is 0. The number of aldehydes is 1. The number of anilines is 1. The number of rotatable bonds is 8. The number of halogens is 3. The van der Waals surface area contributed by atoms with Crippen LogP contribution in [0.4, 0.5) is 18.9 Å². The summed E-state index contributed by atoms with van der Waals surface area (Å²) in [6.07, 6.45) is 0.545. The number of ether oxygens (including phenoxy) is 1. The molecule has 156 valence electrons. The lowest BCUT2D eigenvalue weighted by Crippen LogP contribution is -2.34. The van der Waals surface area contributed by atoms with Crippen LogP contribution < -0.4 is 4.90 Å². The van der Waals surface area contributed by atoms with Crippen molar-refractivity contribution >= 4 is 17.9 Å². The zero-order valence-corrected chi connectivity index (χ0v) is 16.4. The standard InChI is InChI=1S/C21H28F3NO3/c1-3-5-20(27)28-18-9-6-15(7-10-18)13-25(4-2)19-11-8-17(21(22,23)24)12-16(19)14-26/h8,11-12,14-15,18H,3-7,9-10,13H2,1-2H3. The molecule has 7 heteroatoms. The molecular formula is C21H28F3NO3. The van der Waals surface area contributed by atoms with Crippen molar-refractivity contribution in [2.24, 2.45) is 5.92 Å². The maximum absolute atomic E-state index is 12.9. The molecule has 0 aliphatic heterocycles. The van der Waals surface area contributed by atoms with Gasteiger partial charge in [0.2, 0.25) is 0 Å². The first-order chi connectivity index (χ1) is 13.3. The molecule has 0 radical (unpaired) electrons. The molecule has 4 nitrogen and oxygen atoms in total. The Morgan fingerprint density at radius 1 is 1.21 bits per heavy atom. The molecule has 0 unspecified atom stereocenters. The summed E-state index contributed by atoms with van der Waals surface area (Å²) < 4.78 is 44.2. The Balaban J connectivity index is 2.00. The first kappa shape index (κ1) is 22.2. The number of hydrogen-bond acceptors (Lipinski definition) is 4. The smallest absolute Gasteiger partial charge is 0.416 e. The Kier molecular flexibility index (Phi) is 7.89. The number of benzene rings is 1. The second kappa shape index (κ2) is 9.94. The van der Waals surface area contributed by atoms with Gasteiger partial charge in [0.1, 0.15) is 6.10 Å². The van der Waals surface area contributed by atoms with Gasteiger partial charge in [-0.15, -0.1) is 0 Å². The number of nitrogens with zero attached hydrogens (tertiary/aromatic N) is 1. The monoisotopic (exact) mass is 399 g/mol. The zero-order chi connectivity index (χ0) is 20.7. The molecule has 28 heavy (non-hydrogen) atoms. The Labute approximate surface area is 164 Å². The molecule has 1 aliphatic carbocycles. The van der Waals surface area contributed by atoms with Gasteiger partial charge in [-0.1, -0.05) is 6.92 Å². The van der Waals surface area contributed by atoms with Gasteiger partial charge in [-0.05, 0) is 63.1 Å². The minimum atomic E-state index is -4.47. The van der Waals surface area contributed by atoms with E-state index in [1.165, 1.54) is 6.07 Å². The largest absolute Gasteiger partial charge is 0.462 e. The molecule has 1 fully saturated rings. The molecule has 2 rings (SSSR count). The molecule has 0 N–H and O–H groups in total. The third-order valence-corrected chi connectivity index (χ3v) is 5.23. The molecule has 1 saturated carbocycles. The summed E-state index contributed by atoms with van der Waals surface area (Å²) in [6, 6.07) is 3.32. The molecule has 0 amide bonds. The minimum Gasteiger partial charge on any atom is -0.462 e. The van der Waals surface area contributed by atoms with Crippen LogP contribution in [0.3, 0.4) is 0 Å². The van der Waals surface area contributed by atoms with Crippen LogP contribution in [0.1, 0.15) is 68.3 Å². The van der Waals surface area contributed by atoms with Crippen molar-refractivity contribution in [3.8, 4) is 0 Å². The van der Waals surface area contributed by atoms with Gasteiger partial charge in [0, 0.05) is 30.8 Å². The van der Waals surface area contributed by atoms with E-state index in [1.807, 2.05) is 18.7 Å². The fraction of sp³-hybridized carbons (Fsp3) is 0.619. The van der Waals surface area contributed by atoms with Crippen LogP contribution in [-0.4, -0.2) is 31.4 Å². The van der Waals surface area contributed by atoms with Crippen LogP contribution in [0, 0.1) is 5.92 Å². The highest BCUT2D eigenvalue weighted by Gasteiger charge is 2.32. The van der Waals surface area contributed by atoms with E-state index in [9.17, 15) is 22.8 Å². The Morgan fingerprint density at radius 2 is 1.89 bits per heavy atom. The van der Waals surface area contributed by atoms with Crippen molar-refractivity contribution in [2.75, 3.05) is 18.0 Å². The van der Waals surface area contributed by atoms with Crippen LogP contribution in [0.5, 0.6) is 0 Å². The molecular weight excluding hydrogens is 371 g/mol. The van der Waals surface area contributed by atoms with E-state index in [0.29, 0.717) is 37.4 Å². The van der Waals surface area contributed by atoms with Gasteiger partial charge < -0.3 is 9.64 Å².